The first-order valence-corrected chi connectivity index (χ1v) is 9.26. The van der Waals surface area contributed by atoms with Crippen LogP contribution >= 0.6 is 11.8 Å². The molecule has 0 radical (unpaired) electrons. The first kappa shape index (κ1) is 18.4. The van der Waals surface area contributed by atoms with Crippen molar-refractivity contribution in [3.63, 3.8) is 0 Å². The Morgan fingerprint density at radius 3 is 2.58 bits per heavy atom. The van der Waals surface area contributed by atoms with Crippen LogP contribution in [0.4, 0.5) is 0 Å². The number of carbonyl (C=O) groups excluding carboxylic acids is 1. The number of aryl methyl sites for hydroxylation is 1. The molecule has 2 aromatic carbocycles. The molecule has 4 heteroatoms. The van der Waals surface area contributed by atoms with Crippen LogP contribution < -0.4 is 10.1 Å². The second-order valence-electron chi connectivity index (χ2n) is 5.59. The van der Waals surface area contributed by atoms with Crippen LogP contribution in [-0.2, 0) is 0 Å². The lowest BCUT2D eigenvalue weighted by molar-refractivity contribution is 0.0932. The predicted octanol–water partition coefficient (Wildman–Crippen LogP) is 5.00. The fourth-order valence-electron chi connectivity index (χ4n) is 2.71. The zero-order chi connectivity index (χ0) is 17.5. The van der Waals surface area contributed by atoms with Gasteiger partial charge in [-0.15, -0.1) is 11.8 Å². The Hall–Kier alpha value is -1.94. The standard InChI is InChI=1S/C20H25NO2S/c1-5-17(15-11-12-18(23-4)14(3)13-15)21-20(22)16-9-7-8-10-19(16)24-6-2/h7-13,17H,5-6H2,1-4H3,(H,21,22)/t17-/m0/s1. The maximum atomic E-state index is 12.7. The van der Waals surface area contributed by atoms with Crippen LogP contribution in [0.15, 0.2) is 47.4 Å². The van der Waals surface area contributed by atoms with Crippen molar-refractivity contribution in [3.05, 3.63) is 59.2 Å². The van der Waals surface area contributed by atoms with E-state index in [0.29, 0.717) is 0 Å². The molecule has 0 unspecified atom stereocenters. The van der Waals surface area contributed by atoms with E-state index in [1.165, 1.54) is 0 Å². The van der Waals surface area contributed by atoms with Crippen molar-refractivity contribution < 1.29 is 9.53 Å². The lowest BCUT2D eigenvalue weighted by Crippen LogP contribution is -2.28. The number of methoxy groups -OCH3 is 1. The fraction of sp³-hybridized carbons (Fsp3) is 0.350. The number of amides is 1. The van der Waals surface area contributed by atoms with E-state index >= 15 is 0 Å². The molecule has 1 amide bonds. The minimum atomic E-state index is -0.0214. The number of hydrogen-bond donors (Lipinski definition) is 1. The van der Waals surface area contributed by atoms with E-state index in [2.05, 4.69) is 25.2 Å². The van der Waals surface area contributed by atoms with Gasteiger partial charge in [-0.1, -0.05) is 38.1 Å². The molecule has 3 nitrogen and oxygen atoms in total. The molecule has 0 bridgehead atoms. The number of hydrogen-bond acceptors (Lipinski definition) is 3. The Labute approximate surface area is 148 Å². The predicted molar refractivity (Wildman–Crippen MR) is 101 cm³/mol. The maximum absolute atomic E-state index is 12.7. The number of rotatable bonds is 7. The van der Waals surface area contributed by atoms with Gasteiger partial charge < -0.3 is 10.1 Å². The highest BCUT2D eigenvalue weighted by Crippen LogP contribution is 2.26. The second kappa shape index (κ2) is 8.78. The van der Waals surface area contributed by atoms with Crippen molar-refractivity contribution >= 4 is 17.7 Å². The zero-order valence-corrected chi connectivity index (χ0v) is 15.6. The van der Waals surface area contributed by atoms with E-state index in [-0.39, 0.29) is 11.9 Å². The van der Waals surface area contributed by atoms with Crippen LogP contribution in [0.25, 0.3) is 0 Å². The van der Waals surface area contributed by atoms with Crippen molar-refractivity contribution in [2.24, 2.45) is 0 Å². The van der Waals surface area contributed by atoms with Gasteiger partial charge in [0.15, 0.2) is 0 Å². The zero-order valence-electron chi connectivity index (χ0n) is 14.8. The smallest absolute Gasteiger partial charge is 0.252 e. The van der Waals surface area contributed by atoms with Gasteiger partial charge >= 0.3 is 0 Å². The lowest BCUT2D eigenvalue weighted by Gasteiger charge is -2.19. The Morgan fingerprint density at radius 2 is 1.96 bits per heavy atom. The number of nitrogens with one attached hydrogen (secondary N) is 1. The highest BCUT2D eigenvalue weighted by Gasteiger charge is 2.17. The number of thioether (sulfide) groups is 1. The van der Waals surface area contributed by atoms with E-state index < -0.39 is 0 Å². The van der Waals surface area contributed by atoms with Gasteiger partial charge in [0.2, 0.25) is 0 Å². The molecule has 0 aromatic heterocycles. The highest BCUT2D eigenvalue weighted by atomic mass is 32.2. The molecule has 0 aliphatic rings. The summed E-state index contributed by atoms with van der Waals surface area (Å²) in [7, 11) is 1.67. The van der Waals surface area contributed by atoms with Gasteiger partial charge in [-0.3, -0.25) is 4.79 Å². The molecule has 128 valence electrons. The molecule has 2 aromatic rings. The van der Waals surface area contributed by atoms with E-state index in [9.17, 15) is 4.79 Å². The monoisotopic (exact) mass is 343 g/mol. The molecular weight excluding hydrogens is 318 g/mol. The minimum absolute atomic E-state index is 0.0122. The summed E-state index contributed by atoms with van der Waals surface area (Å²) in [6, 6.07) is 13.8. The topological polar surface area (TPSA) is 38.3 Å². The first-order chi connectivity index (χ1) is 11.6. The summed E-state index contributed by atoms with van der Waals surface area (Å²) in [6.45, 7) is 6.19. The van der Waals surface area contributed by atoms with Crippen molar-refractivity contribution in [2.75, 3.05) is 12.9 Å². The van der Waals surface area contributed by atoms with E-state index in [1.54, 1.807) is 18.9 Å². The molecule has 24 heavy (non-hydrogen) atoms. The third kappa shape index (κ3) is 4.32. The van der Waals surface area contributed by atoms with Gasteiger partial charge in [0.1, 0.15) is 5.75 Å². The van der Waals surface area contributed by atoms with Crippen molar-refractivity contribution in [2.45, 2.75) is 38.1 Å². The molecule has 0 saturated heterocycles. The second-order valence-corrected chi connectivity index (χ2v) is 6.90. The summed E-state index contributed by atoms with van der Waals surface area (Å²) >= 11 is 1.69. The molecule has 0 heterocycles. The Morgan fingerprint density at radius 1 is 1.21 bits per heavy atom. The molecule has 2 rings (SSSR count). The summed E-state index contributed by atoms with van der Waals surface area (Å²) < 4.78 is 5.32. The normalized spacial score (nSPS) is 11.8. The summed E-state index contributed by atoms with van der Waals surface area (Å²) in [6.07, 6.45) is 0.834. The minimum Gasteiger partial charge on any atom is -0.496 e. The number of carbonyl (C=O) groups is 1. The SMILES string of the molecule is CCSc1ccccc1C(=O)N[C@@H](CC)c1ccc(OC)c(C)c1. The average molecular weight is 343 g/mol. The summed E-state index contributed by atoms with van der Waals surface area (Å²) in [5.41, 5.74) is 2.92. The van der Waals surface area contributed by atoms with Gasteiger partial charge in [0.05, 0.1) is 18.7 Å². The van der Waals surface area contributed by atoms with Crippen molar-refractivity contribution in [1.82, 2.24) is 5.32 Å². The van der Waals surface area contributed by atoms with Crippen LogP contribution in [0.1, 0.15) is 47.8 Å². The molecule has 1 N–H and O–H groups in total. The Bertz CT molecular complexity index is 700. The third-order valence-electron chi connectivity index (χ3n) is 3.97. The van der Waals surface area contributed by atoms with E-state index in [1.807, 2.05) is 43.3 Å². The fourth-order valence-corrected chi connectivity index (χ4v) is 3.51. The van der Waals surface area contributed by atoms with E-state index in [4.69, 9.17) is 4.74 Å². The van der Waals surface area contributed by atoms with Crippen LogP contribution in [0.2, 0.25) is 0 Å². The molecule has 0 fully saturated rings. The molecule has 1 atom stereocenters. The molecule has 0 saturated carbocycles. The highest BCUT2D eigenvalue weighted by molar-refractivity contribution is 7.99. The first-order valence-electron chi connectivity index (χ1n) is 8.27. The summed E-state index contributed by atoms with van der Waals surface area (Å²) in [5.74, 6) is 1.79. The van der Waals surface area contributed by atoms with E-state index in [0.717, 1.165) is 39.5 Å². The summed E-state index contributed by atoms with van der Waals surface area (Å²) in [4.78, 5) is 13.8. The molecule has 0 aliphatic carbocycles. The van der Waals surface area contributed by atoms with Gasteiger partial charge in [0, 0.05) is 4.90 Å². The number of ether oxygens (including phenoxy) is 1. The lowest BCUT2D eigenvalue weighted by atomic mass is 10.0. The van der Waals surface area contributed by atoms with Crippen molar-refractivity contribution in [1.29, 1.82) is 0 Å². The quantitative estimate of drug-likeness (QED) is 0.719. The Balaban J connectivity index is 2.21. The average Bonchev–Trinajstić information content (AvgIpc) is 2.60. The largest absolute Gasteiger partial charge is 0.496 e. The van der Waals surface area contributed by atoms with Gasteiger partial charge in [-0.2, -0.15) is 0 Å². The molecular formula is C20H25NO2S. The van der Waals surface area contributed by atoms with Gasteiger partial charge in [0.25, 0.3) is 5.91 Å². The van der Waals surface area contributed by atoms with Crippen LogP contribution in [-0.4, -0.2) is 18.8 Å². The van der Waals surface area contributed by atoms with Crippen molar-refractivity contribution in [3.8, 4) is 5.75 Å². The third-order valence-corrected chi connectivity index (χ3v) is 4.92. The van der Waals surface area contributed by atoms with Gasteiger partial charge in [-0.25, -0.2) is 0 Å². The summed E-state index contributed by atoms with van der Waals surface area (Å²) in [5, 5.41) is 3.17. The van der Waals surface area contributed by atoms with Crippen LogP contribution in [0, 0.1) is 6.92 Å². The Kier molecular flexibility index (Phi) is 6.73. The molecule has 0 spiro atoms. The molecule has 0 aliphatic heterocycles. The maximum Gasteiger partial charge on any atom is 0.252 e. The number of benzene rings is 2. The van der Waals surface area contributed by atoms with Crippen LogP contribution in [0.5, 0.6) is 5.75 Å². The van der Waals surface area contributed by atoms with Gasteiger partial charge in [-0.05, 0) is 48.4 Å². The van der Waals surface area contributed by atoms with Crippen LogP contribution in [0.3, 0.4) is 0 Å².